The molecule has 1 fully saturated rings. The van der Waals surface area contributed by atoms with Crippen LogP contribution in [0.3, 0.4) is 0 Å². The number of hydrogen-bond donors (Lipinski definition) is 1. The van der Waals surface area contributed by atoms with Crippen LogP contribution in [0.5, 0.6) is 0 Å². The summed E-state index contributed by atoms with van der Waals surface area (Å²) in [6.45, 7) is 9.04. The Labute approximate surface area is 105 Å². The molecule has 1 saturated heterocycles. The lowest BCUT2D eigenvalue weighted by Gasteiger charge is -2.29. The normalized spacial score (nSPS) is 18.1. The molecule has 3 heteroatoms. The lowest BCUT2D eigenvalue weighted by Crippen LogP contribution is -2.44. The standard InChI is InChI=1S/C14H25N3/c1-4-13(2)9-8-10-16-14(15-3)17-11-6-5-7-12-17/h4,9H,1,5-8,10-12H2,2-3H3,(H,15,16)/b13-9-. The highest BCUT2D eigenvalue weighted by molar-refractivity contribution is 5.79. The molecule has 1 rings (SSSR count). The zero-order valence-corrected chi connectivity index (χ0v) is 11.2. The Balaban J connectivity index is 2.30. The smallest absolute Gasteiger partial charge is 0.193 e. The van der Waals surface area contributed by atoms with Crippen LogP contribution in [0.15, 0.2) is 29.3 Å². The van der Waals surface area contributed by atoms with E-state index in [1.165, 1.54) is 24.8 Å². The van der Waals surface area contributed by atoms with Crippen molar-refractivity contribution in [3.05, 3.63) is 24.3 Å². The fourth-order valence-electron chi connectivity index (χ4n) is 2.01. The number of guanidine groups is 1. The monoisotopic (exact) mass is 235 g/mol. The predicted octanol–water partition coefficient (Wildman–Crippen LogP) is 2.57. The van der Waals surface area contributed by atoms with Crippen LogP contribution in [0.1, 0.15) is 32.6 Å². The summed E-state index contributed by atoms with van der Waals surface area (Å²) in [7, 11) is 1.86. The summed E-state index contributed by atoms with van der Waals surface area (Å²) in [5.74, 6) is 1.05. The summed E-state index contributed by atoms with van der Waals surface area (Å²) in [4.78, 5) is 6.69. The van der Waals surface area contributed by atoms with E-state index in [0.29, 0.717) is 0 Å². The van der Waals surface area contributed by atoms with E-state index in [9.17, 15) is 0 Å². The van der Waals surface area contributed by atoms with E-state index in [1.54, 1.807) is 0 Å². The van der Waals surface area contributed by atoms with Crippen molar-refractivity contribution in [1.29, 1.82) is 0 Å². The number of piperidine rings is 1. The van der Waals surface area contributed by atoms with Crippen molar-refractivity contribution < 1.29 is 0 Å². The fourth-order valence-corrected chi connectivity index (χ4v) is 2.01. The van der Waals surface area contributed by atoms with Crippen molar-refractivity contribution in [1.82, 2.24) is 10.2 Å². The number of nitrogens with zero attached hydrogens (tertiary/aromatic N) is 2. The number of aliphatic imine (C=N–C) groups is 1. The Morgan fingerprint density at radius 1 is 1.35 bits per heavy atom. The van der Waals surface area contributed by atoms with Crippen LogP contribution < -0.4 is 5.32 Å². The second-order valence-corrected chi connectivity index (χ2v) is 4.46. The largest absolute Gasteiger partial charge is 0.356 e. The molecule has 1 N–H and O–H groups in total. The molecule has 1 heterocycles. The van der Waals surface area contributed by atoms with Gasteiger partial charge in [-0.15, -0.1) is 0 Å². The van der Waals surface area contributed by atoms with Crippen molar-refractivity contribution in [2.45, 2.75) is 32.6 Å². The van der Waals surface area contributed by atoms with Crippen molar-refractivity contribution in [2.75, 3.05) is 26.7 Å². The average Bonchev–Trinajstić information content (AvgIpc) is 2.39. The van der Waals surface area contributed by atoms with Gasteiger partial charge in [0.25, 0.3) is 0 Å². The number of rotatable bonds is 4. The summed E-state index contributed by atoms with van der Waals surface area (Å²) in [5.41, 5.74) is 1.24. The van der Waals surface area contributed by atoms with Crippen LogP contribution in [0.4, 0.5) is 0 Å². The molecular formula is C14H25N3. The van der Waals surface area contributed by atoms with E-state index in [4.69, 9.17) is 0 Å². The molecule has 0 aromatic rings. The zero-order valence-electron chi connectivity index (χ0n) is 11.2. The van der Waals surface area contributed by atoms with E-state index in [2.05, 4.69) is 34.8 Å². The van der Waals surface area contributed by atoms with Gasteiger partial charge in [-0.25, -0.2) is 0 Å². The fraction of sp³-hybridized carbons (Fsp3) is 0.643. The summed E-state index contributed by atoms with van der Waals surface area (Å²) >= 11 is 0. The van der Waals surface area contributed by atoms with Crippen LogP contribution in [0.25, 0.3) is 0 Å². The summed E-state index contributed by atoms with van der Waals surface area (Å²) in [5, 5.41) is 3.42. The van der Waals surface area contributed by atoms with Gasteiger partial charge in [0, 0.05) is 26.7 Å². The maximum atomic E-state index is 4.34. The Morgan fingerprint density at radius 2 is 2.06 bits per heavy atom. The first-order valence-electron chi connectivity index (χ1n) is 6.52. The van der Waals surface area contributed by atoms with E-state index >= 15 is 0 Å². The first-order chi connectivity index (χ1) is 8.27. The highest BCUT2D eigenvalue weighted by Crippen LogP contribution is 2.08. The third-order valence-electron chi connectivity index (χ3n) is 3.08. The molecule has 1 aliphatic rings. The van der Waals surface area contributed by atoms with E-state index < -0.39 is 0 Å². The van der Waals surface area contributed by atoms with Crippen LogP contribution >= 0.6 is 0 Å². The molecule has 0 aliphatic carbocycles. The summed E-state index contributed by atoms with van der Waals surface area (Å²) < 4.78 is 0. The Bertz CT molecular complexity index is 286. The Morgan fingerprint density at radius 3 is 2.65 bits per heavy atom. The van der Waals surface area contributed by atoms with Gasteiger partial charge in [0.05, 0.1) is 0 Å². The predicted molar refractivity (Wildman–Crippen MR) is 75.4 cm³/mol. The van der Waals surface area contributed by atoms with Crippen molar-refractivity contribution in [3.8, 4) is 0 Å². The Hall–Kier alpha value is -1.25. The zero-order chi connectivity index (χ0) is 12.5. The molecule has 0 bridgehead atoms. The molecule has 0 unspecified atom stereocenters. The van der Waals surface area contributed by atoms with Crippen LogP contribution in [-0.2, 0) is 0 Å². The van der Waals surface area contributed by atoms with Gasteiger partial charge in [-0.1, -0.05) is 24.3 Å². The molecule has 96 valence electrons. The highest BCUT2D eigenvalue weighted by atomic mass is 15.3. The molecule has 0 spiro atoms. The molecule has 0 saturated carbocycles. The van der Waals surface area contributed by atoms with Gasteiger partial charge < -0.3 is 10.2 Å². The number of likely N-dealkylation sites (tertiary alicyclic amines) is 1. The first-order valence-corrected chi connectivity index (χ1v) is 6.52. The minimum Gasteiger partial charge on any atom is -0.356 e. The molecule has 0 aromatic heterocycles. The number of allylic oxidation sites excluding steroid dienone is 2. The van der Waals surface area contributed by atoms with Crippen molar-refractivity contribution in [3.63, 3.8) is 0 Å². The van der Waals surface area contributed by atoms with Gasteiger partial charge in [-0.2, -0.15) is 0 Å². The van der Waals surface area contributed by atoms with Gasteiger partial charge in [-0.3, -0.25) is 4.99 Å². The molecule has 0 atom stereocenters. The van der Waals surface area contributed by atoms with Gasteiger partial charge in [0.15, 0.2) is 5.96 Å². The second-order valence-electron chi connectivity index (χ2n) is 4.46. The quantitative estimate of drug-likeness (QED) is 0.351. The maximum absolute atomic E-state index is 4.34. The molecule has 0 aromatic carbocycles. The summed E-state index contributed by atoms with van der Waals surface area (Å²) in [6, 6.07) is 0. The molecule has 3 nitrogen and oxygen atoms in total. The van der Waals surface area contributed by atoms with Crippen LogP contribution in [0.2, 0.25) is 0 Å². The third-order valence-corrected chi connectivity index (χ3v) is 3.08. The minimum atomic E-state index is 0.939. The van der Waals surface area contributed by atoms with Gasteiger partial charge in [0.2, 0.25) is 0 Å². The Kier molecular flexibility index (Phi) is 6.45. The first kappa shape index (κ1) is 13.8. The average molecular weight is 235 g/mol. The van der Waals surface area contributed by atoms with E-state index in [1.807, 2.05) is 13.1 Å². The van der Waals surface area contributed by atoms with Crippen molar-refractivity contribution in [2.24, 2.45) is 4.99 Å². The third kappa shape index (κ3) is 5.07. The van der Waals surface area contributed by atoms with Crippen LogP contribution in [-0.4, -0.2) is 37.5 Å². The molecule has 0 radical (unpaired) electrons. The molecule has 0 amide bonds. The van der Waals surface area contributed by atoms with E-state index in [-0.39, 0.29) is 0 Å². The topological polar surface area (TPSA) is 27.6 Å². The minimum absolute atomic E-state index is 0.939. The highest BCUT2D eigenvalue weighted by Gasteiger charge is 2.13. The number of nitrogens with one attached hydrogen (secondary N) is 1. The van der Waals surface area contributed by atoms with Crippen molar-refractivity contribution >= 4 is 5.96 Å². The maximum Gasteiger partial charge on any atom is 0.193 e. The SMILES string of the molecule is C=C/C(C)=C\CCNC(=NC)N1CCCCC1. The van der Waals surface area contributed by atoms with Gasteiger partial charge >= 0.3 is 0 Å². The number of hydrogen-bond acceptors (Lipinski definition) is 1. The molecule has 17 heavy (non-hydrogen) atoms. The van der Waals surface area contributed by atoms with E-state index in [0.717, 1.165) is 32.0 Å². The van der Waals surface area contributed by atoms with Crippen LogP contribution in [0, 0.1) is 0 Å². The van der Waals surface area contributed by atoms with Gasteiger partial charge in [0.1, 0.15) is 0 Å². The molecule has 1 aliphatic heterocycles. The second kappa shape index (κ2) is 7.93. The summed E-state index contributed by atoms with van der Waals surface area (Å²) in [6.07, 6.45) is 9.04. The van der Waals surface area contributed by atoms with Gasteiger partial charge in [-0.05, 0) is 32.6 Å². The lowest BCUT2D eigenvalue weighted by atomic mass is 10.1. The lowest BCUT2D eigenvalue weighted by molar-refractivity contribution is 0.332. The molecular weight excluding hydrogens is 210 g/mol.